The van der Waals surface area contributed by atoms with Gasteiger partial charge in [0, 0.05) is 6.20 Å². The van der Waals surface area contributed by atoms with Crippen molar-refractivity contribution in [3.05, 3.63) is 62.3 Å². The summed E-state index contributed by atoms with van der Waals surface area (Å²) in [7, 11) is 0. The second-order valence-corrected chi connectivity index (χ2v) is 8.24. The Hall–Kier alpha value is -2.88. The molecule has 2 aromatic rings. The number of carbonyl (C=O) groups excluding carboxylic acids is 2. The molecular formula is C20H14ClN3O4S2. The number of nitrogens with zero attached hydrogens (tertiary/aromatic N) is 2. The Labute approximate surface area is 185 Å². The molecule has 0 saturated carbocycles. The number of thioether (sulfide) groups is 1. The minimum Gasteiger partial charge on any atom is -0.490 e. The molecule has 0 aliphatic carbocycles. The molecule has 30 heavy (non-hydrogen) atoms. The molecule has 4 rings (SSSR count). The van der Waals surface area contributed by atoms with Crippen molar-refractivity contribution >= 4 is 63.7 Å². The lowest BCUT2D eigenvalue weighted by molar-refractivity contribution is -0.114. The number of thiophene rings is 1. The van der Waals surface area contributed by atoms with Crippen LogP contribution in [0.4, 0.5) is 0 Å². The molecule has 0 bridgehead atoms. The van der Waals surface area contributed by atoms with Gasteiger partial charge in [0.25, 0.3) is 5.91 Å². The number of fused-ring (bicyclic) bond motifs is 1. The summed E-state index contributed by atoms with van der Waals surface area (Å²) in [5.74, 6) is -0.665. The summed E-state index contributed by atoms with van der Waals surface area (Å²) in [6, 6.07) is 6.55. The summed E-state index contributed by atoms with van der Waals surface area (Å²) in [4.78, 5) is 30.7. The highest BCUT2D eigenvalue weighted by Crippen LogP contribution is 2.38. The van der Waals surface area contributed by atoms with Crippen molar-refractivity contribution in [3.8, 4) is 11.5 Å². The van der Waals surface area contributed by atoms with E-state index in [1.807, 2.05) is 0 Å². The summed E-state index contributed by atoms with van der Waals surface area (Å²) in [5.41, 5.74) is 0.634. The highest BCUT2D eigenvalue weighted by Gasteiger charge is 2.31. The summed E-state index contributed by atoms with van der Waals surface area (Å²) >= 11 is 8.92. The molecule has 1 aromatic carbocycles. The SMILES string of the molecule is CCOc1cc(C=C2C(=N)N3C=CSC3=NC2=O)cc(Cl)c1OC(=O)c1cccs1. The van der Waals surface area contributed by atoms with E-state index in [9.17, 15) is 9.59 Å². The van der Waals surface area contributed by atoms with Crippen molar-refractivity contribution in [2.24, 2.45) is 4.99 Å². The van der Waals surface area contributed by atoms with Gasteiger partial charge in [-0.3, -0.25) is 15.1 Å². The van der Waals surface area contributed by atoms with Gasteiger partial charge < -0.3 is 9.47 Å². The molecule has 10 heteroatoms. The normalized spacial score (nSPS) is 16.7. The quantitative estimate of drug-likeness (QED) is 0.392. The second kappa shape index (κ2) is 8.47. The van der Waals surface area contributed by atoms with E-state index in [2.05, 4.69) is 4.99 Å². The van der Waals surface area contributed by atoms with Crippen LogP contribution in [0.3, 0.4) is 0 Å². The number of hydrogen-bond donors (Lipinski definition) is 1. The molecule has 0 unspecified atom stereocenters. The van der Waals surface area contributed by atoms with E-state index in [0.717, 1.165) is 0 Å². The Morgan fingerprint density at radius 3 is 2.97 bits per heavy atom. The molecule has 152 valence electrons. The maximum absolute atomic E-state index is 12.4. The number of rotatable bonds is 5. The zero-order valence-electron chi connectivity index (χ0n) is 15.5. The number of aliphatic imine (C=N–C) groups is 1. The first kappa shape index (κ1) is 20.4. The summed E-state index contributed by atoms with van der Waals surface area (Å²) < 4.78 is 11.1. The third kappa shape index (κ3) is 3.91. The molecule has 0 atom stereocenters. The minimum atomic E-state index is -0.539. The number of nitrogens with one attached hydrogen (secondary N) is 1. The first-order valence-corrected chi connectivity index (χ1v) is 10.9. The van der Waals surface area contributed by atoms with Crippen molar-refractivity contribution < 1.29 is 19.1 Å². The summed E-state index contributed by atoms with van der Waals surface area (Å²) in [6.07, 6.45) is 3.19. The molecule has 0 radical (unpaired) electrons. The number of amides is 1. The van der Waals surface area contributed by atoms with Crippen LogP contribution in [0.5, 0.6) is 11.5 Å². The standard InChI is InChI=1S/C20H14ClN3O4S2/c1-2-27-14-10-11(8-12-17(22)24-5-7-30-20(24)23-18(12)25)9-13(21)16(14)28-19(26)15-4-3-6-29-15/h3-10,22H,2H2,1H3. The third-order valence-electron chi connectivity index (χ3n) is 4.07. The fraction of sp³-hybridized carbons (Fsp3) is 0.100. The summed E-state index contributed by atoms with van der Waals surface area (Å²) in [5, 5.41) is 12.4. The lowest BCUT2D eigenvalue weighted by Gasteiger charge is -2.22. The minimum absolute atomic E-state index is 0.0218. The average Bonchev–Trinajstić information content (AvgIpc) is 3.40. The smallest absolute Gasteiger partial charge is 0.353 e. The Balaban J connectivity index is 1.69. The van der Waals surface area contributed by atoms with E-state index in [1.165, 1.54) is 34.1 Å². The second-order valence-electron chi connectivity index (χ2n) is 6.01. The van der Waals surface area contributed by atoms with Crippen LogP contribution < -0.4 is 9.47 Å². The number of halogens is 1. The highest BCUT2D eigenvalue weighted by molar-refractivity contribution is 8.16. The molecular weight excluding hydrogens is 446 g/mol. The van der Waals surface area contributed by atoms with Gasteiger partial charge in [-0.25, -0.2) is 4.79 Å². The van der Waals surface area contributed by atoms with Crippen LogP contribution in [-0.2, 0) is 4.79 Å². The van der Waals surface area contributed by atoms with E-state index >= 15 is 0 Å². The van der Waals surface area contributed by atoms with Crippen molar-refractivity contribution in [2.45, 2.75) is 6.92 Å². The molecule has 3 heterocycles. The maximum atomic E-state index is 12.4. The largest absolute Gasteiger partial charge is 0.490 e. The number of amidine groups is 2. The molecule has 2 aliphatic heterocycles. The van der Waals surface area contributed by atoms with Gasteiger partial charge in [-0.1, -0.05) is 29.4 Å². The fourth-order valence-corrected chi connectivity index (χ4v) is 4.33. The van der Waals surface area contributed by atoms with E-state index in [-0.39, 0.29) is 27.9 Å². The van der Waals surface area contributed by atoms with E-state index in [4.69, 9.17) is 26.5 Å². The number of ether oxygens (including phenoxy) is 2. The van der Waals surface area contributed by atoms with Gasteiger partial charge in [-0.05, 0) is 47.6 Å². The molecule has 0 saturated heterocycles. The topological polar surface area (TPSA) is 92.1 Å². The maximum Gasteiger partial charge on any atom is 0.353 e. The van der Waals surface area contributed by atoms with E-state index < -0.39 is 11.9 Å². The molecule has 1 amide bonds. The van der Waals surface area contributed by atoms with E-state index in [1.54, 1.807) is 48.2 Å². The van der Waals surface area contributed by atoms with Gasteiger partial charge in [0.1, 0.15) is 10.7 Å². The fourth-order valence-electron chi connectivity index (χ4n) is 2.77. The van der Waals surface area contributed by atoms with Crippen LogP contribution in [0.15, 0.2) is 51.8 Å². The predicted molar refractivity (Wildman–Crippen MR) is 119 cm³/mol. The van der Waals surface area contributed by atoms with Gasteiger partial charge in [0.05, 0.1) is 17.2 Å². The van der Waals surface area contributed by atoms with Crippen molar-refractivity contribution in [2.75, 3.05) is 6.61 Å². The molecule has 7 nitrogen and oxygen atoms in total. The van der Waals surface area contributed by atoms with Crippen LogP contribution in [0.2, 0.25) is 5.02 Å². The zero-order chi connectivity index (χ0) is 21.3. The van der Waals surface area contributed by atoms with Crippen molar-refractivity contribution in [1.29, 1.82) is 5.41 Å². The van der Waals surface area contributed by atoms with Crippen molar-refractivity contribution in [1.82, 2.24) is 4.90 Å². The molecule has 1 N–H and O–H groups in total. The third-order valence-corrected chi connectivity index (χ3v) is 5.96. The van der Waals surface area contributed by atoms with E-state index in [0.29, 0.717) is 22.2 Å². The zero-order valence-corrected chi connectivity index (χ0v) is 17.9. The lowest BCUT2D eigenvalue weighted by Crippen LogP contribution is -2.35. The van der Waals surface area contributed by atoms with Crippen LogP contribution in [-0.4, -0.2) is 34.4 Å². The van der Waals surface area contributed by atoms with Gasteiger partial charge in [0.2, 0.25) is 0 Å². The Morgan fingerprint density at radius 2 is 2.23 bits per heavy atom. The van der Waals surface area contributed by atoms with Crippen molar-refractivity contribution in [3.63, 3.8) is 0 Å². The van der Waals surface area contributed by atoms with Crippen LogP contribution in [0.25, 0.3) is 6.08 Å². The first-order valence-electron chi connectivity index (χ1n) is 8.76. The first-order chi connectivity index (χ1) is 14.5. The summed E-state index contributed by atoms with van der Waals surface area (Å²) in [6.45, 7) is 2.11. The molecule has 0 fully saturated rings. The number of carbonyl (C=O) groups is 2. The molecule has 2 aliphatic rings. The number of benzene rings is 1. The number of esters is 1. The van der Waals surface area contributed by atoms with Crippen LogP contribution in [0.1, 0.15) is 22.2 Å². The monoisotopic (exact) mass is 459 g/mol. The van der Waals surface area contributed by atoms with Gasteiger partial charge >= 0.3 is 5.97 Å². The van der Waals surface area contributed by atoms with Gasteiger partial charge in [-0.15, -0.1) is 11.3 Å². The van der Waals surface area contributed by atoms with Crippen LogP contribution in [0, 0.1) is 5.41 Å². The van der Waals surface area contributed by atoms with Crippen LogP contribution >= 0.6 is 34.7 Å². The number of hydrogen-bond acceptors (Lipinski definition) is 7. The Bertz CT molecular complexity index is 1140. The molecule has 1 aromatic heterocycles. The Morgan fingerprint density at radius 1 is 1.40 bits per heavy atom. The lowest BCUT2D eigenvalue weighted by atomic mass is 10.1. The van der Waals surface area contributed by atoms with Gasteiger partial charge in [0.15, 0.2) is 16.7 Å². The predicted octanol–water partition coefficient (Wildman–Crippen LogP) is 4.80. The Kier molecular flexibility index (Phi) is 5.76. The highest BCUT2D eigenvalue weighted by atomic mass is 35.5. The molecule has 0 spiro atoms. The van der Waals surface area contributed by atoms with Gasteiger partial charge in [-0.2, -0.15) is 4.99 Å². The average molecular weight is 460 g/mol.